The molecule has 1 atom stereocenters. The van der Waals surface area contributed by atoms with Gasteiger partial charge in [-0.2, -0.15) is 5.10 Å². The Bertz CT molecular complexity index is 653. The second kappa shape index (κ2) is 5.65. The SMILES string of the molecule is Cc1nc([C@H]2CCCN2Cc2ccccc2C(=O)O)n[nH]1. The van der Waals surface area contributed by atoms with Crippen LogP contribution in [-0.2, 0) is 6.54 Å². The lowest BCUT2D eigenvalue weighted by Gasteiger charge is -2.22. The maximum atomic E-state index is 11.3. The van der Waals surface area contributed by atoms with Gasteiger partial charge in [0.2, 0.25) is 0 Å². The Hall–Kier alpha value is -2.21. The van der Waals surface area contributed by atoms with Crippen molar-refractivity contribution in [2.24, 2.45) is 0 Å². The van der Waals surface area contributed by atoms with Crippen LogP contribution < -0.4 is 0 Å². The number of likely N-dealkylation sites (tertiary alicyclic amines) is 1. The summed E-state index contributed by atoms with van der Waals surface area (Å²) >= 11 is 0. The highest BCUT2D eigenvalue weighted by Gasteiger charge is 2.29. The van der Waals surface area contributed by atoms with E-state index in [4.69, 9.17) is 0 Å². The van der Waals surface area contributed by atoms with Crippen LogP contribution in [0, 0.1) is 6.92 Å². The number of aryl methyl sites for hydroxylation is 1. The number of aromatic carboxylic acids is 1. The molecule has 0 bridgehead atoms. The van der Waals surface area contributed by atoms with E-state index in [9.17, 15) is 9.90 Å². The fourth-order valence-electron chi connectivity index (χ4n) is 2.90. The van der Waals surface area contributed by atoms with Gasteiger partial charge in [-0.15, -0.1) is 0 Å². The molecule has 0 saturated carbocycles. The maximum absolute atomic E-state index is 11.3. The highest BCUT2D eigenvalue weighted by atomic mass is 16.4. The lowest BCUT2D eigenvalue weighted by atomic mass is 10.1. The van der Waals surface area contributed by atoms with E-state index in [1.165, 1.54) is 0 Å². The van der Waals surface area contributed by atoms with E-state index in [2.05, 4.69) is 20.1 Å². The van der Waals surface area contributed by atoms with Crippen LogP contribution in [0.4, 0.5) is 0 Å². The molecule has 6 nitrogen and oxygen atoms in total. The first-order valence-corrected chi connectivity index (χ1v) is 7.09. The van der Waals surface area contributed by atoms with Gasteiger partial charge < -0.3 is 5.11 Å². The predicted molar refractivity (Wildman–Crippen MR) is 76.9 cm³/mol. The zero-order chi connectivity index (χ0) is 14.8. The third-order valence-corrected chi connectivity index (χ3v) is 3.90. The molecule has 2 heterocycles. The summed E-state index contributed by atoms with van der Waals surface area (Å²) in [7, 11) is 0. The first-order chi connectivity index (χ1) is 10.1. The van der Waals surface area contributed by atoms with Crippen LogP contribution in [-0.4, -0.2) is 37.7 Å². The summed E-state index contributed by atoms with van der Waals surface area (Å²) in [4.78, 5) is 18.0. The van der Waals surface area contributed by atoms with Crippen LogP contribution in [0.5, 0.6) is 0 Å². The average molecular weight is 286 g/mol. The lowest BCUT2D eigenvalue weighted by molar-refractivity contribution is 0.0694. The van der Waals surface area contributed by atoms with E-state index in [-0.39, 0.29) is 6.04 Å². The quantitative estimate of drug-likeness (QED) is 0.900. The lowest BCUT2D eigenvalue weighted by Crippen LogP contribution is -2.24. The van der Waals surface area contributed by atoms with Crippen molar-refractivity contribution in [3.8, 4) is 0 Å². The third kappa shape index (κ3) is 2.80. The summed E-state index contributed by atoms with van der Waals surface area (Å²) in [6.07, 6.45) is 2.08. The number of carbonyl (C=O) groups is 1. The molecular formula is C15H18N4O2. The highest BCUT2D eigenvalue weighted by Crippen LogP contribution is 2.31. The number of benzene rings is 1. The number of rotatable bonds is 4. The zero-order valence-electron chi connectivity index (χ0n) is 11.9. The van der Waals surface area contributed by atoms with Crippen molar-refractivity contribution in [1.82, 2.24) is 20.1 Å². The molecule has 0 unspecified atom stereocenters. The van der Waals surface area contributed by atoms with Crippen LogP contribution in [0.2, 0.25) is 0 Å². The summed E-state index contributed by atoms with van der Waals surface area (Å²) in [5.74, 6) is 0.732. The normalized spacial score (nSPS) is 19.0. The van der Waals surface area contributed by atoms with Crippen LogP contribution >= 0.6 is 0 Å². The van der Waals surface area contributed by atoms with Crippen LogP contribution in [0.15, 0.2) is 24.3 Å². The summed E-state index contributed by atoms with van der Waals surface area (Å²) in [5, 5.41) is 16.4. The first-order valence-electron chi connectivity index (χ1n) is 7.09. The molecule has 2 N–H and O–H groups in total. The Morgan fingerprint density at radius 3 is 3.00 bits per heavy atom. The Balaban J connectivity index is 1.82. The number of nitrogens with one attached hydrogen (secondary N) is 1. The van der Waals surface area contributed by atoms with Gasteiger partial charge in [0, 0.05) is 6.54 Å². The van der Waals surface area contributed by atoms with Gasteiger partial charge in [-0.3, -0.25) is 10.00 Å². The summed E-state index contributed by atoms with van der Waals surface area (Å²) in [5.41, 5.74) is 1.21. The molecule has 110 valence electrons. The summed E-state index contributed by atoms with van der Waals surface area (Å²) in [6.45, 7) is 3.43. The Morgan fingerprint density at radius 2 is 2.29 bits per heavy atom. The molecule has 0 amide bonds. The molecule has 2 aromatic rings. The summed E-state index contributed by atoms with van der Waals surface area (Å²) < 4.78 is 0. The molecular weight excluding hydrogens is 268 g/mol. The topological polar surface area (TPSA) is 82.1 Å². The first kappa shape index (κ1) is 13.8. The molecule has 1 aliphatic heterocycles. The van der Waals surface area contributed by atoms with E-state index in [0.29, 0.717) is 12.1 Å². The van der Waals surface area contributed by atoms with Crippen molar-refractivity contribution in [1.29, 1.82) is 0 Å². The number of hydrogen-bond donors (Lipinski definition) is 2. The highest BCUT2D eigenvalue weighted by molar-refractivity contribution is 5.89. The zero-order valence-corrected chi connectivity index (χ0v) is 11.9. The Labute approximate surface area is 122 Å². The van der Waals surface area contributed by atoms with E-state index in [0.717, 1.165) is 36.6 Å². The molecule has 1 saturated heterocycles. The van der Waals surface area contributed by atoms with Gasteiger partial charge in [-0.05, 0) is 37.9 Å². The van der Waals surface area contributed by atoms with Crippen molar-refractivity contribution >= 4 is 5.97 Å². The van der Waals surface area contributed by atoms with E-state index in [1.54, 1.807) is 12.1 Å². The van der Waals surface area contributed by atoms with Gasteiger partial charge in [0.1, 0.15) is 5.82 Å². The summed E-state index contributed by atoms with van der Waals surface area (Å²) in [6, 6.07) is 7.33. The predicted octanol–water partition coefficient (Wildman–Crippen LogP) is 2.15. The number of aromatic nitrogens is 3. The van der Waals surface area contributed by atoms with E-state index in [1.807, 2.05) is 19.1 Å². The van der Waals surface area contributed by atoms with Crippen molar-refractivity contribution in [3.05, 3.63) is 47.0 Å². The van der Waals surface area contributed by atoms with Crippen LogP contribution in [0.25, 0.3) is 0 Å². The number of H-pyrrole nitrogens is 1. The minimum Gasteiger partial charge on any atom is -0.478 e. The number of carboxylic acids is 1. The van der Waals surface area contributed by atoms with Gasteiger partial charge in [-0.1, -0.05) is 18.2 Å². The number of aromatic amines is 1. The second-order valence-electron chi connectivity index (χ2n) is 5.37. The molecule has 0 aliphatic carbocycles. The second-order valence-corrected chi connectivity index (χ2v) is 5.37. The van der Waals surface area contributed by atoms with E-state index >= 15 is 0 Å². The Kier molecular flexibility index (Phi) is 3.70. The molecule has 21 heavy (non-hydrogen) atoms. The van der Waals surface area contributed by atoms with Crippen molar-refractivity contribution in [3.63, 3.8) is 0 Å². The standard InChI is InChI=1S/C15H18N4O2/c1-10-16-14(18-17-10)13-7-4-8-19(13)9-11-5-2-3-6-12(11)15(20)21/h2-3,5-6,13H,4,7-9H2,1H3,(H,20,21)(H,16,17,18)/t13-/m1/s1. The number of hydrogen-bond acceptors (Lipinski definition) is 4. The van der Waals surface area contributed by atoms with Gasteiger partial charge in [0.15, 0.2) is 5.82 Å². The molecule has 1 aromatic heterocycles. The molecule has 3 rings (SSSR count). The van der Waals surface area contributed by atoms with Gasteiger partial charge in [0.25, 0.3) is 0 Å². The van der Waals surface area contributed by atoms with Crippen molar-refractivity contribution < 1.29 is 9.90 Å². The molecule has 1 aliphatic rings. The smallest absolute Gasteiger partial charge is 0.336 e. The molecule has 0 spiro atoms. The fourth-order valence-corrected chi connectivity index (χ4v) is 2.90. The van der Waals surface area contributed by atoms with Crippen molar-refractivity contribution in [2.75, 3.05) is 6.54 Å². The van der Waals surface area contributed by atoms with Gasteiger partial charge >= 0.3 is 5.97 Å². The van der Waals surface area contributed by atoms with Crippen molar-refractivity contribution in [2.45, 2.75) is 32.4 Å². The molecule has 1 fully saturated rings. The van der Waals surface area contributed by atoms with Gasteiger partial charge in [0.05, 0.1) is 11.6 Å². The minimum atomic E-state index is -0.880. The van der Waals surface area contributed by atoms with Crippen LogP contribution in [0.1, 0.15) is 46.5 Å². The average Bonchev–Trinajstić information content (AvgIpc) is 3.08. The minimum absolute atomic E-state index is 0.164. The van der Waals surface area contributed by atoms with E-state index < -0.39 is 5.97 Å². The number of nitrogens with zero attached hydrogens (tertiary/aromatic N) is 3. The fraction of sp³-hybridized carbons (Fsp3) is 0.400. The number of carboxylic acid groups (broad SMARTS) is 1. The molecule has 1 aromatic carbocycles. The molecule has 6 heteroatoms. The van der Waals surface area contributed by atoms with Crippen LogP contribution in [0.3, 0.4) is 0 Å². The largest absolute Gasteiger partial charge is 0.478 e. The Morgan fingerprint density at radius 1 is 1.48 bits per heavy atom. The monoisotopic (exact) mass is 286 g/mol. The maximum Gasteiger partial charge on any atom is 0.336 e. The third-order valence-electron chi connectivity index (χ3n) is 3.90. The molecule has 0 radical (unpaired) electrons. The van der Waals surface area contributed by atoms with Gasteiger partial charge in [-0.25, -0.2) is 9.78 Å².